The molecule has 1 heterocycles. The average molecular weight is 746 g/mol. The Morgan fingerprint density at radius 3 is 2.30 bits per heavy atom. The third-order valence-corrected chi connectivity index (χ3v) is 9.07. The summed E-state index contributed by atoms with van der Waals surface area (Å²) in [4.78, 5) is 11.8. The van der Waals surface area contributed by atoms with E-state index in [4.69, 9.17) is 4.74 Å². The van der Waals surface area contributed by atoms with Gasteiger partial charge in [-0.3, -0.25) is 0 Å². The molecule has 0 bridgehead atoms. The summed E-state index contributed by atoms with van der Waals surface area (Å²) in [5.41, 5.74) is 0.136. The van der Waals surface area contributed by atoms with Crippen molar-refractivity contribution in [2.45, 2.75) is 5.60 Å². The number of phenolic OH excluding ortho intramolecular Hbond substituents is 2. The number of halogens is 1. The minimum absolute atomic E-state index is 0.0299. The van der Waals surface area contributed by atoms with Crippen LogP contribution in [0.5, 0.6) is 11.5 Å². The zero-order chi connectivity index (χ0) is 16.8. The van der Waals surface area contributed by atoms with Crippen LogP contribution in [0.25, 0.3) is 0 Å². The summed E-state index contributed by atoms with van der Waals surface area (Å²) >= 11 is 3.61. The molecule has 7 heteroatoms. The van der Waals surface area contributed by atoms with Gasteiger partial charge in [-0.2, -0.15) is 0 Å². The maximum atomic E-state index is 11.8. The van der Waals surface area contributed by atoms with E-state index in [9.17, 15) is 15.0 Å². The van der Waals surface area contributed by atoms with Gasteiger partial charge in [-0.05, 0) is 0 Å². The fraction of sp³-hybridized carbons (Fsp3) is 0.0625. The van der Waals surface area contributed by atoms with Crippen molar-refractivity contribution in [3.63, 3.8) is 0 Å². The average Bonchev–Trinajstić information content (AvgIpc) is 2.92. The molecule has 0 saturated carbocycles. The Hall–Kier alpha value is -0.400. The molecule has 2 aromatic carbocycles. The number of carbonyl (C=O) groups excluding carboxylic acids is 1. The van der Waals surface area contributed by atoms with Crippen LogP contribution >= 0.6 is 15.9 Å². The van der Waals surface area contributed by atoms with Gasteiger partial charge in [0, 0.05) is 0 Å². The number of phenols is 2. The second-order valence-electron chi connectivity index (χ2n) is 5.26. The van der Waals surface area contributed by atoms with Gasteiger partial charge in [0.15, 0.2) is 0 Å². The summed E-state index contributed by atoms with van der Waals surface area (Å²) in [6.07, 6.45) is 3.05. The van der Waals surface area contributed by atoms with Gasteiger partial charge < -0.3 is 0 Å². The number of cyclic esters (lactones) is 1. The first-order valence-corrected chi connectivity index (χ1v) is 13.1. The van der Waals surface area contributed by atoms with Crippen molar-refractivity contribution in [1.29, 1.82) is 0 Å². The number of benzene rings is 2. The molecule has 0 amide bonds. The van der Waals surface area contributed by atoms with Crippen molar-refractivity contribution in [2.75, 3.05) is 0 Å². The summed E-state index contributed by atoms with van der Waals surface area (Å²) in [5.74, 6) is -0.209. The molecule has 0 aliphatic carbocycles. The van der Waals surface area contributed by atoms with Crippen molar-refractivity contribution in [3.8, 4) is 11.5 Å². The number of aromatic hydroxyl groups is 2. The molecule has 4 nitrogen and oxygen atoms in total. The van der Waals surface area contributed by atoms with E-state index in [2.05, 4.69) is 15.9 Å². The molecule has 2 aromatic rings. The van der Waals surface area contributed by atoms with E-state index >= 15 is 0 Å². The SMILES string of the molecule is O=C1C=CC(c2ccc(Br)cc2)(c2c[c]([Hg+])c(O)[c]([Hg+])c2O)O1. The van der Waals surface area contributed by atoms with E-state index in [0.717, 1.165) is 13.1 Å². The van der Waals surface area contributed by atoms with Crippen molar-refractivity contribution in [1.82, 2.24) is 0 Å². The molecule has 23 heavy (non-hydrogen) atoms. The van der Waals surface area contributed by atoms with Crippen molar-refractivity contribution >= 4 is 28.0 Å². The van der Waals surface area contributed by atoms with Crippen molar-refractivity contribution in [3.05, 3.63) is 58.1 Å². The van der Waals surface area contributed by atoms with Crippen LogP contribution in [0.15, 0.2) is 47.0 Å². The molecule has 0 fully saturated rings. The van der Waals surface area contributed by atoms with Gasteiger partial charge in [0.05, 0.1) is 0 Å². The van der Waals surface area contributed by atoms with E-state index < -0.39 is 11.6 Å². The summed E-state index contributed by atoms with van der Waals surface area (Å²) in [6.45, 7) is 0. The number of esters is 1. The first-order chi connectivity index (χ1) is 10.8. The Kier molecular flexibility index (Phi) is 4.91. The van der Waals surface area contributed by atoms with E-state index in [1.54, 1.807) is 12.1 Å². The predicted molar refractivity (Wildman–Crippen MR) is 79.2 cm³/mol. The standard InChI is InChI=1S/C16H9BrO4.2Hg/c17-11-3-1-10(2-4-11)16(8-7-15(20)21-16)13-6-5-12(18)9-14(13)19;;/h1-4,6-8,18-19H;;/q;2*+1. The molecule has 0 spiro atoms. The van der Waals surface area contributed by atoms with Gasteiger partial charge >= 0.3 is 175 Å². The van der Waals surface area contributed by atoms with Gasteiger partial charge in [0.25, 0.3) is 0 Å². The first-order valence-electron chi connectivity index (χ1n) is 6.77. The Morgan fingerprint density at radius 2 is 1.74 bits per heavy atom. The van der Waals surface area contributed by atoms with Gasteiger partial charge in [-0.1, -0.05) is 0 Å². The number of hydrogen-bond acceptors (Lipinski definition) is 4. The summed E-state index contributed by atoms with van der Waals surface area (Å²) in [7, 11) is 0. The van der Waals surface area contributed by atoms with Crippen LogP contribution in [0.4, 0.5) is 0 Å². The molecule has 106 valence electrons. The Bertz CT molecular complexity index is 833. The Balaban J connectivity index is 2.29. The third-order valence-electron chi connectivity index (χ3n) is 3.84. The van der Waals surface area contributed by atoms with Gasteiger partial charge in [0.1, 0.15) is 0 Å². The van der Waals surface area contributed by atoms with Gasteiger partial charge in [-0.15, -0.1) is 0 Å². The fourth-order valence-corrected chi connectivity index (χ4v) is 9.92. The summed E-state index contributed by atoms with van der Waals surface area (Å²) < 4.78 is 7.98. The molecule has 1 atom stereocenters. The second kappa shape index (κ2) is 6.48. The van der Waals surface area contributed by atoms with Gasteiger partial charge in [0.2, 0.25) is 0 Å². The molecule has 2 N–H and O–H groups in total. The maximum absolute atomic E-state index is 11.8. The van der Waals surface area contributed by atoms with Crippen LogP contribution in [-0.2, 0) is 67.4 Å². The fourth-order valence-electron chi connectivity index (χ4n) is 2.63. The predicted octanol–water partition coefficient (Wildman–Crippen LogP) is 1.56. The van der Waals surface area contributed by atoms with Crippen molar-refractivity contribution in [2.24, 2.45) is 0 Å². The van der Waals surface area contributed by atoms with Crippen molar-refractivity contribution < 1.29 is 72.0 Å². The Labute approximate surface area is 173 Å². The quantitative estimate of drug-likeness (QED) is 0.362. The monoisotopic (exact) mass is 748 g/mol. The molecule has 1 aliphatic heterocycles. The molecular formula is C16H9BrHg2O4+2. The number of carbonyl (C=O) groups is 1. The van der Waals surface area contributed by atoms with E-state index in [1.807, 2.05) is 24.3 Å². The third kappa shape index (κ3) is 3.00. The first kappa shape index (κ1) is 17.4. The summed E-state index contributed by atoms with van der Waals surface area (Å²) in [6, 6.07) is 9.20. The molecular weight excluding hydrogens is 737 g/mol. The summed E-state index contributed by atoms with van der Waals surface area (Å²) in [5, 5.41) is 20.7. The van der Waals surface area contributed by atoms with E-state index in [1.165, 1.54) is 6.08 Å². The molecule has 1 aliphatic rings. The Morgan fingerprint density at radius 1 is 1.09 bits per heavy atom. The molecule has 0 saturated heterocycles. The number of hydrogen-bond donors (Lipinski definition) is 2. The van der Waals surface area contributed by atoms with Crippen LogP contribution in [0.3, 0.4) is 0 Å². The zero-order valence-corrected chi connectivity index (χ0v) is 24.6. The van der Waals surface area contributed by atoms with Crippen LogP contribution in [0.2, 0.25) is 0 Å². The molecule has 0 radical (unpaired) electrons. The molecule has 3 rings (SSSR count). The molecule has 1 unspecified atom stereocenters. The molecule has 0 aromatic heterocycles. The van der Waals surface area contributed by atoms with Crippen LogP contribution in [0, 0.1) is 0 Å². The normalized spacial score (nSPS) is 20.0. The van der Waals surface area contributed by atoms with Crippen LogP contribution < -0.4 is 6.14 Å². The zero-order valence-electron chi connectivity index (χ0n) is 12.0. The minimum atomic E-state index is -1.14. The van der Waals surface area contributed by atoms with Crippen LogP contribution in [-0.4, -0.2) is 16.2 Å². The number of ether oxygens (including phenoxy) is 1. The van der Waals surface area contributed by atoms with E-state index in [0.29, 0.717) is 8.64 Å². The topological polar surface area (TPSA) is 66.8 Å². The number of rotatable bonds is 2. The van der Waals surface area contributed by atoms with Gasteiger partial charge in [-0.25, -0.2) is 0 Å². The van der Waals surface area contributed by atoms with Crippen LogP contribution in [0.1, 0.15) is 11.1 Å². The van der Waals surface area contributed by atoms with E-state index in [-0.39, 0.29) is 63.7 Å². The second-order valence-corrected chi connectivity index (χ2v) is 11.9.